The van der Waals surface area contributed by atoms with E-state index in [4.69, 9.17) is 5.73 Å². The molecular weight excluding hydrogens is 466 g/mol. The number of hydrogen-bond acceptors (Lipinski definition) is 3. The van der Waals surface area contributed by atoms with E-state index in [9.17, 15) is 0 Å². The molecule has 4 rings (SSSR count). The molecular formula is C30H39N3S2. The van der Waals surface area contributed by atoms with E-state index in [2.05, 4.69) is 99.8 Å². The van der Waals surface area contributed by atoms with Crippen LogP contribution in [0.2, 0.25) is 0 Å². The van der Waals surface area contributed by atoms with Gasteiger partial charge in [0.25, 0.3) is 0 Å². The molecule has 2 N–H and O–H groups in total. The highest BCUT2D eigenvalue weighted by Gasteiger charge is 2.38. The molecule has 0 bridgehead atoms. The second kappa shape index (κ2) is 9.27. The molecule has 1 aromatic heterocycles. The van der Waals surface area contributed by atoms with Crippen molar-refractivity contribution in [1.29, 1.82) is 0 Å². The van der Waals surface area contributed by atoms with Crippen LogP contribution >= 0.6 is 21.0 Å². The second-order valence-corrected chi connectivity index (χ2v) is 14.9. The van der Waals surface area contributed by atoms with Crippen molar-refractivity contribution in [1.82, 2.24) is 9.47 Å². The summed E-state index contributed by atoms with van der Waals surface area (Å²) in [6.45, 7) is 23.3. The number of rotatable bonds is 8. The lowest BCUT2D eigenvalue weighted by molar-refractivity contribution is 0.311. The monoisotopic (exact) mass is 505 g/mol. The van der Waals surface area contributed by atoms with Crippen molar-refractivity contribution in [2.75, 3.05) is 19.1 Å². The average Bonchev–Trinajstić information content (AvgIpc) is 3.34. The molecule has 35 heavy (non-hydrogen) atoms. The molecule has 0 spiro atoms. The quantitative estimate of drug-likeness (QED) is 0.426. The fraction of sp³-hybridized carbons (Fsp3) is 0.333. The molecule has 3 nitrogen and oxygen atoms in total. The van der Waals surface area contributed by atoms with Gasteiger partial charge in [-0.15, -0.1) is 0 Å². The Bertz CT molecular complexity index is 1500. The van der Waals surface area contributed by atoms with Crippen LogP contribution in [0.5, 0.6) is 0 Å². The lowest BCUT2D eigenvalue weighted by atomic mass is 9.81. The van der Waals surface area contributed by atoms with Gasteiger partial charge in [0, 0.05) is 48.3 Å². The zero-order valence-electron chi connectivity index (χ0n) is 22.1. The Morgan fingerprint density at radius 3 is 2.54 bits per heavy atom. The topological polar surface area (TPSA) is 34.2 Å². The molecule has 5 heteroatoms. The van der Waals surface area contributed by atoms with Gasteiger partial charge in [0.2, 0.25) is 0 Å². The van der Waals surface area contributed by atoms with Crippen LogP contribution in [0.15, 0.2) is 82.9 Å². The van der Waals surface area contributed by atoms with Gasteiger partial charge in [-0.05, 0) is 62.6 Å². The van der Waals surface area contributed by atoms with Gasteiger partial charge in [0.15, 0.2) is 0 Å². The molecule has 0 amide bonds. The summed E-state index contributed by atoms with van der Waals surface area (Å²) in [5.74, 6) is 0. The molecule has 0 saturated heterocycles. The standard InChI is InChI=1S/C30H39N3S2/c1-10-24-25(11-2)33(19-30(24,7)12-3)21(5)18-32-22(6)28(34-23-15-13-14-20(4)16-23)29-26(32)17-27(31)35(29,8)9/h10-11,13-17H,1-2,5,12,18-19,31H2,3-4,6-9H3. The lowest BCUT2D eigenvalue weighted by Crippen LogP contribution is -2.30. The van der Waals surface area contributed by atoms with Crippen molar-refractivity contribution >= 4 is 32.0 Å². The van der Waals surface area contributed by atoms with Gasteiger partial charge in [-0.2, -0.15) is 9.21 Å². The Morgan fingerprint density at radius 1 is 1.23 bits per heavy atom. The molecule has 0 radical (unpaired) electrons. The molecule has 2 aliphatic rings. The predicted molar refractivity (Wildman–Crippen MR) is 158 cm³/mol. The first-order chi connectivity index (χ1) is 16.5. The van der Waals surface area contributed by atoms with Gasteiger partial charge in [-0.1, -0.05) is 69.1 Å². The third-order valence-corrected chi connectivity index (χ3v) is 11.7. The Morgan fingerprint density at radius 2 is 1.94 bits per heavy atom. The largest absolute Gasteiger partial charge is 0.343 e. The van der Waals surface area contributed by atoms with E-state index in [-0.39, 0.29) is 5.41 Å². The highest BCUT2D eigenvalue weighted by molar-refractivity contribution is 8.24. The van der Waals surface area contributed by atoms with Crippen LogP contribution in [-0.2, 0) is 6.54 Å². The predicted octanol–water partition coefficient (Wildman–Crippen LogP) is 6.33. The molecule has 186 valence electrons. The molecule has 2 aromatic rings. The fourth-order valence-corrected chi connectivity index (χ4v) is 9.04. The SMILES string of the molecule is C=CC1=C(C=C)C(C)(CC)CN1C(=C)Cn1c(C)c(Sc2cccc(C)c2)c2c1=CC(N)=S=2(C)C. The van der Waals surface area contributed by atoms with E-state index < -0.39 is 9.21 Å². The summed E-state index contributed by atoms with van der Waals surface area (Å²) in [6, 6.07) is 8.74. The van der Waals surface area contributed by atoms with Gasteiger partial charge in [0.1, 0.15) is 0 Å². The molecule has 1 atom stereocenters. The van der Waals surface area contributed by atoms with E-state index >= 15 is 0 Å². The van der Waals surface area contributed by atoms with Gasteiger partial charge >= 0.3 is 0 Å². The Balaban J connectivity index is 1.81. The summed E-state index contributed by atoms with van der Waals surface area (Å²) >= 11 is 1.86. The van der Waals surface area contributed by atoms with E-state index in [1.54, 1.807) is 0 Å². The smallest absolute Gasteiger partial charge is 0.0625 e. The van der Waals surface area contributed by atoms with Crippen molar-refractivity contribution in [3.8, 4) is 0 Å². The molecule has 1 unspecified atom stereocenters. The zero-order valence-corrected chi connectivity index (χ0v) is 23.7. The van der Waals surface area contributed by atoms with Gasteiger partial charge < -0.3 is 9.47 Å². The van der Waals surface area contributed by atoms with Crippen LogP contribution in [0.3, 0.4) is 0 Å². The zero-order chi connectivity index (χ0) is 25.7. The summed E-state index contributed by atoms with van der Waals surface area (Å²) in [6.07, 6.45) is 11.8. The fourth-order valence-electron chi connectivity index (χ4n) is 5.26. The van der Waals surface area contributed by atoms with Crippen LogP contribution in [0.4, 0.5) is 0 Å². The van der Waals surface area contributed by atoms with Crippen molar-refractivity contribution in [2.45, 2.75) is 50.5 Å². The number of nitrogens with two attached hydrogens (primary N) is 1. The van der Waals surface area contributed by atoms with Crippen molar-refractivity contribution in [2.24, 2.45) is 11.1 Å². The maximum atomic E-state index is 6.61. The number of hydrogen-bond donors (Lipinski definition) is 1. The van der Waals surface area contributed by atoms with Crippen LogP contribution in [-0.4, -0.2) is 33.5 Å². The van der Waals surface area contributed by atoms with Gasteiger partial charge in [0.05, 0.1) is 11.9 Å². The Kier molecular flexibility index (Phi) is 6.82. The number of nitrogens with zero attached hydrogens (tertiary/aromatic N) is 2. The van der Waals surface area contributed by atoms with Crippen molar-refractivity contribution in [3.05, 3.63) is 94.2 Å². The van der Waals surface area contributed by atoms with Crippen LogP contribution in [0.25, 0.3) is 6.08 Å². The molecule has 0 fully saturated rings. The lowest BCUT2D eigenvalue weighted by Gasteiger charge is -2.28. The third-order valence-electron chi connectivity index (χ3n) is 7.68. The maximum Gasteiger partial charge on any atom is 0.0625 e. The van der Waals surface area contributed by atoms with Gasteiger partial charge in [-0.25, -0.2) is 0 Å². The molecule has 1 aromatic carbocycles. The summed E-state index contributed by atoms with van der Waals surface area (Å²) in [5, 5.41) is 1.24. The molecule has 2 aliphatic heterocycles. The maximum absolute atomic E-state index is 6.61. The summed E-state index contributed by atoms with van der Waals surface area (Å²) in [7, 11) is -1.24. The number of aryl methyl sites for hydroxylation is 1. The first-order valence-corrected chi connectivity index (χ1v) is 15.4. The second-order valence-electron chi connectivity index (χ2n) is 10.3. The number of allylic oxidation sites excluding steroid dienone is 3. The Hall–Kier alpha value is -2.34. The van der Waals surface area contributed by atoms with Crippen LogP contribution < -0.4 is 11.1 Å². The van der Waals surface area contributed by atoms with Crippen molar-refractivity contribution in [3.63, 3.8) is 0 Å². The van der Waals surface area contributed by atoms with Crippen LogP contribution in [0.1, 0.15) is 31.5 Å². The first kappa shape index (κ1) is 25.7. The van der Waals surface area contributed by atoms with E-state index in [0.717, 1.165) is 29.3 Å². The van der Waals surface area contributed by atoms with E-state index in [1.807, 2.05) is 23.9 Å². The number of benzene rings is 1. The van der Waals surface area contributed by atoms with E-state index in [1.165, 1.54) is 36.5 Å². The molecule has 0 aliphatic carbocycles. The molecule has 3 heterocycles. The minimum atomic E-state index is -1.24. The molecule has 0 saturated carbocycles. The minimum absolute atomic E-state index is 0.0462. The summed E-state index contributed by atoms with van der Waals surface area (Å²) in [4.78, 5) is 5.93. The highest BCUT2D eigenvalue weighted by Crippen LogP contribution is 2.44. The van der Waals surface area contributed by atoms with Crippen molar-refractivity contribution < 1.29 is 0 Å². The normalized spacial score (nSPS) is 20.8. The summed E-state index contributed by atoms with van der Waals surface area (Å²) in [5.41, 5.74) is 12.7. The highest BCUT2D eigenvalue weighted by atomic mass is 32.2. The van der Waals surface area contributed by atoms with Crippen LogP contribution in [0, 0.1) is 23.8 Å². The van der Waals surface area contributed by atoms with E-state index in [0.29, 0.717) is 6.54 Å². The third kappa shape index (κ3) is 4.18. The Labute approximate surface area is 215 Å². The summed E-state index contributed by atoms with van der Waals surface area (Å²) < 4.78 is 3.82. The minimum Gasteiger partial charge on any atom is -0.343 e. The number of fused-ring (bicyclic) bond motifs is 1. The first-order valence-electron chi connectivity index (χ1n) is 12.1. The van der Waals surface area contributed by atoms with Gasteiger partial charge in [-0.3, -0.25) is 5.73 Å². The average molecular weight is 506 g/mol. The number of aromatic nitrogens is 1.